The van der Waals surface area contributed by atoms with Gasteiger partial charge in [-0.15, -0.1) is 0 Å². The van der Waals surface area contributed by atoms with Crippen molar-refractivity contribution in [3.05, 3.63) is 34.4 Å². The number of halogens is 2. The Hall–Kier alpha value is -1.96. The molecule has 16 heavy (non-hydrogen) atoms. The summed E-state index contributed by atoms with van der Waals surface area (Å²) in [5.74, 6) is -0.924. The van der Waals surface area contributed by atoms with E-state index in [2.05, 4.69) is 4.74 Å². The predicted molar refractivity (Wildman–Crippen MR) is 52.2 cm³/mol. The number of aryl methyl sites for hydroxylation is 1. The Bertz CT molecular complexity index is 464. The van der Waals surface area contributed by atoms with Gasteiger partial charge in [0.1, 0.15) is 6.07 Å². The minimum Gasteiger partial charge on any atom is -0.465 e. The SMILES string of the molecule is COC(=O)c1c(C#N)cc(C)cc1C(F)F. The van der Waals surface area contributed by atoms with Crippen molar-refractivity contribution in [3.8, 4) is 6.07 Å². The Morgan fingerprint density at radius 2 is 2.12 bits per heavy atom. The first-order chi connectivity index (χ1) is 7.51. The van der Waals surface area contributed by atoms with Crippen LogP contribution in [-0.4, -0.2) is 13.1 Å². The number of methoxy groups -OCH3 is 1. The molecule has 0 unspecified atom stereocenters. The van der Waals surface area contributed by atoms with E-state index < -0.39 is 18.0 Å². The van der Waals surface area contributed by atoms with E-state index in [1.54, 1.807) is 13.0 Å². The smallest absolute Gasteiger partial charge is 0.339 e. The Labute approximate surface area is 91.3 Å². The second kappa shape index (κ2) is 4.71. The van der Waals surface area contributed by atoms with Crippen LogP contribution in [0.1, 0.15) is 33.5 Å². The molecule has 0 amide bonds. The first kappa shape index (κ1) is 12.1. The number of nitrogens with zero attached hydrogens (tertiary/aromatic N) is 1. The molecule has 0 aromatic heterocycles. The minimum absolute atomic E-state index is 0.0952. The first-order valence-electron chi connectivity index (χ1n) is 4.42. The molecular formula is C11H9F2NO2. The van der Waals surface area contributed by atoms with E-state index in [0.29, 0.717) is 5.56 Å². The minimum atomic E-state index is -2.82. The van der Waals surface area contributed by atoms with E-state index in [9.17, 15) is 13.6 Å². The standard InChI is InChI=1S/C11H9F2NO2/c1-6-3-7(5-14)9(11(15)16-2)8(4-6)10(12)13/h3-4,10H,1-2H3. The highest BCUT2D eigenvalue weighted by Gasteiger charge is 2.23. The van der Waals surface area contributed by atoms with Crippen molar-refractivity contribution in [2.24, 2.45) is 0 Å². The van der Waals surface area contributed by atoms with Gasteiger partial charge >= 0.3 is 5.97 Å². The fourth-order valence-corrected chi connectivity index (χ4v) is 1.40. The molecule has 0 N–H and O–H groups in total. The summed E-state index contributed by atoms with van der Waals surface area (Å²) in [6.45, 7) is 1.58. The van der Waals surface area contributed by atoms with Crippen LogP contribution < -0.4 is 0 Å². The molecule has 84 valence electrons. The molecule has 1 aromatic carbocycles. The van der Waals surface area contributed by atoms with Gasteiger partial charge in [-0.1, -0.05) is 0 Å². The summed E-state index contributed by atoms with van der Waals surface area (Å²) in [7, 11) is 1.08. The first-order valence-corrected chi connectivity index (χ1v) is 4.42. The Balaban J connectivity index is 3.53. The molecular weight excluding hydrogens is 216 g/mol. The maximum atomic E-state index is 12.7. The molecule has 0 bridgehead atoms. The van der Waals surface area contributed by atoms with Crippen LogP contribution in [0, 0.1) is 18.3 Å². The molecule has 0 heterocycles. The number of carbonyl (C=O) groups is 1. The lowest BCUT2D eigenvalue weighted by atomic mass is 9.99. The third-order valence-corrected chi connectivity index (χ3v) is 2.06. The monoisotopic (exact) mass is 225 g/mol. The Morgan fingerprint density at radius 3 is 2.56 bits per heavy atom. The molecule has 0 saturated heterocycles. The Kier molecular flexibility index (Phi) is 3.56. The van der Waals surface area contributed by atoms with Gasteiger partial charge < -0.3 is 4.74 Å². The number of esters is 1. The predicted octanol–water partition coefficient (Wildman–Crippen LogP) is 2.59. The molecule has 0 spiro atoms. The summed E-state index contributed by atoms with van der Waals surface area (Å²) in [5.41, 5.74) is -0.421. The third kappa shape index (κ3) is 2.16. The van der Waals surface area contributed by atoms with Gasteiger partial charge in [-0.3, -0.25) is 0 Å². The lowest BCUT2D eigenvalue weighted by molar-refractivity contribution is 0.0589. The fraction of sp³-hybridized carbons (Fsp3) is 0.273. The van der Waals surface area contributed by atoms with Crippen molar-refractivity contribution >= 4 is 5.97 Å². The lowest BCUT2D eigenvalue weighted by Gasteiger charge is -2.09. The number of hydrogen-bond acceptors (Lipinski definition) is 3. The van der Waals surface area contributed by atoms with Crippen molar-refractivity contribution in [2.45, 2.75) is 13.3 Å². The van der Waals surface area contributed by atoms with Gasteiger partial charge in [0.25, 0.3) is 6.43 Å². The van der Waals surface area contributed by atoms with Crippen LogP contribution in [0.15, 0.2) is 12.1 Å². The van der Waals surface area contributed by atoms with Crippen molar-refractivity contribution in [1.82, 2.24) is 0 Å². The number of rotatable bonds is 2. The van der Waals surface area contributed by atoms with Gasteiger partial charge in [-0.05, 0) is 24.6 Å². The number of alkyl halides is 2. The van der Waals surface area contributed by atoms with Gasteiger partial charge in [-0.25, -0.2) is 13.6 Å². The quantitative estimate of drug-likeness (QED) is 0.727. The molecule has 1 rings (SSSR count). The molecule has 1 aromatic rings. The van der Waals surface area contributed by atoms with Crippen LogP contribution in [0.25, 0.3) is 0 Å². The van der Waals surface area contributed by atoms with E-state index in [4.69, 9.17) is 5.26 Å². The van der Waals surface area contributed by atoms with Crippen molar-refractivity contribution in [1.29, 1.82) is 5.26 Å². The van der Waals surface area contributed by atoms with Crippen LogP contribution in [0.4, 0.5) is 8.78 Å². The van der Waals surface area contributed by atoms with Crippen LogP contribution in [0.2, 0.25) is 0 Å². The second-order valence-electron chi connectivity index (χ2n) is 3.18. The molecule has 0 saturated carbocycles. The number of benzene rings is 1. The van der Waals surface area contributed by atoms with Crippen molar-refractivity contribution in [2.75, 3.05) is 7.11 Å². The van der Waals surface area contributed by atoms with Crippen LogP contribution >= 0.6 is 0 Å². The van der Waals surface area contributed by atoms with E-state index in [1.165, 1.54) is 12.1 Å². The summed E-state index contributed by atoms with van der Waals surface area (Å²) < 4.78 is 29.8. The summed E-state index contributed by atoms with van der Waals surface area (Å²) in [5, 5.41) is 8.79. The average molecular weight is 225 g/mol. The van der Waals surface area contributed by atoms with Crippen LogP contribution in [-0.2, 0) is 4.74 Å². The summed E-state index contributed by atoms with van der Waals surface area (Å²) in [6.07, 6.45) is -2.82. The summed E-state index contributed by atoms with van der Waals surface area (Å²) >= 11 is 0. The highest BCUT2D eigenvalue weighted by Crippen LogP contribution is 2.27. The highest BCUT2D eigenvalue weighted by molar-refractivity contribution is 5.94. The topological polar surface area (TPSA) is 50.1 Å². The summed E-state index contributed by atoms with van der Waals surface area (Å²) in [6, 6.07) is 4.26. The number of carbonyl (C=O) groups excluding carboxylic acids is 1. The molecule has 0 atom stereocenters. The van der Waals surface area contributed by atoms with Gasteiger partial charge in [-0.2, -0.15) is 5.26 Å². The van der Waals surface area contributed by atoms with Crippen molar-refractivity contribution in [3.63, 3.8) is 0 Å². The van der Waals surface area contributed by atoms with E-state index in [0.717, 1.165) is 7.11 Å². The fourth-order valence-electron chi connectivity index (χ4n) is 1.40. The van der Waals surface area contributed by atoms with Gasteiger partial charge in [0.05, 0.1) is 18.2 Å². The van der Waals surface area contributed by atoms with E-state index >= 15 is 0 Å². The normalized spacial score (nSPS) is 10.0. The van der Waals surface area contributed by atoms with E-state index in [-0.39, 0.29) is 11.1 Å². The molecule has 3 nitrogen and oxygen atoms in total. The van der Waals surface area contributed by atoms with Gasteiger partial charge in [0.2, 0.25) is 0 Å². The number of nitriles is 1. The molecule has 0 aliphatic heterocycles. The zero-order valence-electron chi connectivity index (χ0n) is 8.75. The number of hydrogen-bond donors (Lipinski definition) is 0. The average Bonchev–Trinajstić information content (AvgIpc) is 2.26. The molecule has 5 heteroatoms. The molecule has 0 aliphatic carbocycles. The second-order valence-corrected chi connectivity index (χ2v) is 3.18. The molecule has 0 radical (unpaired) electrons. The van der Waals surface area contributed by atoms with Crippen LogP contribution in [0.5, 0.6) is 0 Å². The van der Waals surface area contributed by atoms with E-state index in [1.807, 2.05) is 0 Å². The molecule has 0 aliphatic rings. The highest BCUT2D eigenvalue weighted by atomic mass is 19.3. The lowest BCUT2D eigenvalue weighted by Crippen LogP contribution is -2.09. The number of ether oxygens (including phenoxy) is 1. The maximum absolute atomic E-state index is 12.7. The van der Waals surface area contributed by atoms with Gasteiger partial charge in [0.15, 0.2) is 0 Å². The zero-order valence-corrected chi connectivity index (χ0v) is 8.75. The zero-order chi connectivity index (χ0) is 12.3. The van der Waals surface area contributed by atoms with Crippen molar-refractivity contribution < 1.29 is 18.3 Å². The maximum Gasteiger partial charge on any atom is 0.339 e. The summed E-state index contributed by atoms with van der Waals surface area (Å²) in [4.78, 5) is 11.3. The van der Waals surface area contributed by atoms with Crippen LogP contribution in [0.3, 0.4) is 0 Å². The molecule has 0 fully saturated rings. The third-order valence-electron chi connectivity index (χ3n) is 2.06. The Morgan fingerprint density at radius 1 is 1.50 bits per heavy atom. The largest absolute Gasteiger partial charge is 0.465 e. The van der Waals surface area contributed by atoms with Gasteiger partial charge in [0, 0.05) is 5.56 Å².